The summed E-state index contributed by atoms with van der Waals surface area (Å²) < 4.78 is 40.5. The molecule has 1 aromatic carbocycles. The highest BCUT2D eigenvalue weighted by Crippen LogP contribution is 2.43. The number of likely N-dealkylation sites (N-methyl/N-ethyl adjacent to an activating group) is 1. The predicted octanol–water partition coefficient (Wildman–Crippen LogP) is 1.95. The molecule has 0 unspecified atom stereocenters. The minimum absolute atomic E-state index is 0.0287. The van der Waals surface area contributed by atoms with Crippen molar-refractivity contribution in [1.82, 2.24) is 9.21 Å². The van der Waals surface area contributed by atoms with Gasteiger partial charge in [-0.2, -0.15) is 4.31 Å². The summed E-state index contributed by atoms with van der Waals surface area (Å²) in [5.74, 6) is -0.566. The Kier molecular flexibility index (Phi) is 4.92. The van der Waals surface area contributed by atoms with Crippen LogP contribution < -0.4 is 0 Å². The van der Waals surface area contributed by atoms with Gasteiger partial charge >= 0.3 is 0 Å². The van der Waals surface area contributed by atoms with Gasteiger partial charge in [-0.25, -0.2) is 12.8 Å². The first-order chi connectivity index (χ1) is 11.3. The van der Waals surface area contributed by atoms with Crippen LogP contribution in [0.2, 0.25) is 5.02 Å². The van der Waals surface area contributed by atoms with E-state index < -0.39 is 15.8 Å². The van der Waals surface area contributed by atoms with E-state index in [0.717, 1.165) is 31.5 Å². The van der Waals surface area contributed by atoms with Crippen LogP contribution in [0.5, 0.6) is 0 Å². The van der Waals surface area contributed by atoms with Crippen molar-refractivity contribution in [2.24, 2.45) is 5.41 Å². The first-order valence-electron chi connectivity index (χ1n) is 8.06. The largest absolute Gasteiger partial charge is 0.396 e. The van der Waals surface area contributed by atoms with Gasteiger partial charge in [0.15, 0.2) is 0 Å². The third kappa shape index (κ3) is 2.97. The average molecular weight is 377 g/mol. The summed E-state index contributed by atoms with van der Waals surface area (Å²) in [5, 5.41) is 9.81. The molecule has 2 aliphatic heterocycles. The molecule has 0 bridgehead atoms. The predicted molar refractivity (Wildman–Crippen MR) is 90.0 cm³/mol. The molecule has 5 nitrogen and oxygen atoms in total. The van der Waals surface area contributed by atoms with Crippen LogP contribution in [0.1, 0.15) is 19.3 Å². The first-order valence-corrected chi connectivity index (χ1v) is 9.88. The maximum atomic E-state index is 13.2. The summed E-state index contributed by atoms with van der Waals surface area (Å²) >= 11 is 5.96. The number of aliphatic hydroxyl groups excluding tert-OH is 1. The van der Waals surface area contributed by atoms with Gasteiger partial charge in [0.25, 0.3) is 0 Å². The summed E-state index contributed by atoms with van der Waals surface area (Å²) in [6.07, 6.45) is 2.52. The van der Waals surface area contributed by atoms with Crippen LogP contribution >= 0.6 is 11.6 Å². The normalized spacial score (nSPS) is 29.4. The second-order valence-corrected chi connectivity index (χ2v) is 9.12. The zero-order valence-corrected chi connectivity index (χ0v) is 15.2. The topological polar surface area (TPSA) is 60.9 Å². The molecule has 24 heavy (non-hydrogen) atoms. The second-order valence-electron chi connectivity index (χ2n) is 6.81. The van der Waals surface area contributed by atoms with E-state index in [1.54, 1.807) is 0 Å². The van der Waals surface area contributed by atoms with E-state index in [-0.39, 0.29) is 28.0 Å². The van der Waals surface area contributed by atoms with Crippen LogP contribution in [0, 0.1) is 11.2 Å². The van der Waals surface area contributed by atoms with Crippen LogP contribution in [0.15, 0.2) is 23.1 Å². The average Bonchev–Trinajstić information content (AvgIpc) is 2.54. The standard InChI is InChI=1S/C16H22ClFN2O3S/c1-19-7-2-5-16(11-21)6-8-20(10-15(16)19)24(22,23)14-4-3-12(18)9-13(14)17/h3-4,9,15,21H,2,5-8,10-11H2,1H3/t15-,16-/m1/s1. The molecule has 0 amide bonds. The number of hydrogen-bond donors (Lipinski definition) is 1. The molecule has 2 saturated heterocycles. The van der Waals surface area contributed by atoms with Gasteiger partial charge < -0.3 is 10.0 Å². The Hall–Kier alpha value is -0.730. The lowest BCUT2D eigenvalue weighted by molar-refractivity contribution is -0.0508. The molecule has 1 N–H and O–H groups in total. The SMILES string of the molecule is CN1CCC[C@]2(CO)CCN(S(=O)(=O)c3ccc(F)cc3Cl)C[C@@H]12. The summed E-state index contributed by atoms with van der Waals surface area (Å²) in [5.41, 5.74) is -0.244. The van der Waals surface area contributed by atoms with Gasteiger partial charge in [-0.3, -0.25) is 0 Å². The summed E-state index contributed by atoms with van der Waals surface area (Å²) in [4.78, 5) is 2.06. The van der Waals surface area contributed by atoms with Gasteiger partial charge in [0.05, 0.1) is 11.6 Å². The number of nitrogens with zero attached hydrogens (tertiary/aromatic N) is 2. The molecule has 0 saturated carbocycles. The molecular weight excluding hydrogens is 355 g/mol. The van der Waals surface area contributed by atoms with E-state index >= 15 is 0 Å². The highest BCUT2D eigenvalue weighted by Gasteiger charge is 2.48. The number of rotatable bonds is 3. The number of benzene rings is 1. The van der Waals surface area contributed by atoms with E-state index in [1.165, 1.54) is 10.4 Å². The van der Waals surface area contributed by atoms with Gasteiger partial charge in [0.2, 0.25) is 10.0 Å². The monoisotopic (exact) mass is 376 g/mol. The fourth-order valence-corrected chi connectivity index (χ4v) is 5.98. The molecule has 1 aromatic rings. The summed E-state index contributed by atoms with van der Waals surface area (Å²) in [6.45, 7) is 1.60. The first kappa shape index (κ1) is 18.1. The highest BCUT2D eigenvalue weighted by atomic mass is 35.5. The third-order valence-corrected chi connectivity index (χ3v) is 7.83. The lowest BCUT2D eigenvalue weighted by atomic mass is 9.69. The minimum atomic E-state index is -3.79. The van der Waals surface area contributed by atoms with Crippen molar-refractivity contribution >= 4 is 21.6 Å². The van der Waals surface area contributed by atoms with Crippen molar-refractivity contribution in [3.63, 3.8) is 0 Å². The zero-order chi connectivity index (χ0) is 17.5. The van der Waals surface area contributed by atoms with Gasteiger partial charge in [0.1, 0.15) is 10.7 Å². The summed E-state index contributed by atoms with van der Waals surface area (Å²) in [6, 6.07) is 3.31. The van der Waals surface area contributed by atoms with E-state index in [9.17, 15) is 17.9 Å². The van der Waals surface area contributed by atoms with E-state index in [1.807, 2.05) is 7.05 Å². The number of aliphatic hydroxyl groups is 1. The number of sulfonamides is 1. The quantitative estimate of drug-likeness (QED) is 0.875. The van der Waals surface area contributed by atoms with Gasteiger partial charge in [-0.1, -0.05) is 11.6 Å². The Morgan fingerprint density at radius 2 is 2.12 bits per heavy atom. The van der Waals surface area contributed by atoms with Crippen LogP contribution in [0.3, 0.4) is 0 Å². The van der Waals surface area contributed by atoms with Crippen LogP contribution in [-0.2, 0) is 10.0 Å². The van der Waals surface area contributed by atoms with E-state index in [2.05, 4.69) is 4.90 Å². The Labute approximate surface area is 147 Å². The van der Waals surface area contributed by atoms with Crippen LogP contribution in [0.25, 0.3) is 0 Å². The maximum Gasteiger partial charge on any atom is 0.244 e. The van der Waals surface area contributed by atoms with Crippen molar-refractivity contribution in [1.29, 1.82) is 0 Å². The molecule has 2 atom stereocenters. The fourth-order valence-electron chi connectivity index (χ4n) is 4.03. The number of fused-ring (bicyclic) bond motifs is 1. The van der Waals surface area contributed by atoms with Crippen molar-refractivity contribution in [2.75, 3.05) is 33.3 Å². The molecule has 3 rings (SSSR count). The lowest BCUT2D eigenvalue weighted by Gasteiger charge is -2.53. The lowest BCUT2D eigenvalue weighted by Crippen LogP contribution is -2.62. The molecule has 0 radical (unpaired) electrons. The second kappa shape index (κ2) is 6.53. The molecule has 8 heteroatoms. The zero-order valence-electron chi connectivity index (χ0n) is 13.6. The third-order valence-electron chi connectivity index (χ3n) is 5.49. The van der Waals surface area contributed by atoms with Gasteiger partial charge in [0, 0.05) is 24.5 Å². The molecule has 0 spiro atoms. The van der Waals surface area contributed by atoms with Gasteiger partial charge in [-0.15, -0.1) is 0 Å². The highest BCUT2D eigenvalue weighted by molar-refractivity contribution is 7.89. The van der Waals surface area contributed by atoms with Crippen molar-refractivity contribution in [3.05, 3.63) is 29.0 Å². The molecule has 2 heterocycles. The van der Waals surface area contributed by atoms with E-state index in [0.29, 0.717) is 19.5 Å². The van der Waals surface area contributed by atoms with Crippen molar-refractivity contribution in [3.8, 4) is 0 Å². The molecular formula is C16H22ClFN2O3S. The Morgan fingerprint density at radius 3 is 2.79 bits per heavy atom. The number of hydrogen-bond acceptors (Lipinski definition) is 4. The number of halogens is 2. The Morgan fingerprint density at radius 1 is 1.38 bits per heavy atom. The smallest absolute Gasteiger partial charge is 0.244 e. The molecule has 2 aliphatic rings. The van der Waals surface area contributed by atoms with Crippen molar-refractivity contribution < 1.29 is 17.9 Å². The molecule has 134 valence electrons. The minimum Gasteiger partial charge on any atom is -0.396 e. The Bertz CT molecular complexity index is 730. The molecule has 0 aliphatic carbocycles. The fraction of sp³-hybridized carbons (Fsp3) is 0.625. The van der Waals surface area contributed by atoms with Gasteiger partial charge in [-0.05, 0) is 51.1 Å². The number of piperidine rings is 2. The summed E-state index contributed by atoms with van der Waals surface area (Å²) in [7, 11) is -1.82. The molecule has 2 fully saturated rings. The maximum absolute atomic E-state index is 13.2. The molecule has 0 aromatic heterocycles. The number of likely N-dealkylation sites (tertiary alicyclic amines) is 1. The Balaban J connectivity index is 1.91. The van der Waals surface area contributed by atoms with E-state index in [4.69, 9.17) is 11.6 Å². The van der Waals surface area contributed by atoms with Crippen molar-refractivity contribution in [2.45, 2.75) is 30.2 Å². The van der Waals surface area contributed by atoms with Crippen LogP contribution in [0.4, 0.5) is 4.39 Å². The van der Waals surface area contributed by atoms with Crippen LogP contribution in [-0.4, -0.2) is 62.1 Å².